The number of carbonyl (C=O) groups excluding carboxylic acids is 5. The van der Waals surface area contributed by atoms with Gasteiger partial charge in [0.1, 0.15) is 11.6 Å². The van der Waals surface area contributed by atoms with E-state index in [9.17, 15) is 24.0 Å². The van der Waals surface area contributed by atoms with Crippen LogP contribution in [0, 0.1) is 17.8 Å². The minimum absolute atomic E-state index is 0.00151. The highest BCUT2D eigenvalue weighted by atomic mass is 16.6. The number of fused-ring (bicyclic) bond motifs is 2. The number of ether oxygens (including phenoxy) is 1. The summed E-state index contributed by atoms with van der Waals surface area (Å²) in [5.41, 5.74) is 0.218. The van der Waals surface area contributed by atoms with E-state index in [2.05, 4.69) is 10.6 Å². The normalized spacial score (nSPS) is 23.3. The summed E-state index contributed by atoms with van der Waals surface area (Å²) in [4.78, 5) is 68.8. The molecule has 5 atom stereocenters. The van der Waals surface area contributed by atoms with E-state index in [1.54, 1.807) is 4.90 Å². The van der Waals surface area contributed by atoms with E-state index in [0.29, 0.717) is 12.8 Å². The number of benzene rings is 1. The Kier molecular flexibility index (Phi) is 11.0. The van der Waals surface area contributed by atoms with Gasteiger partial charge in [-0.25, -0.2) is 0 Å². The number of Topliss-reactive ketones (excluding diaryl/α,β-unsaturated/α-hetero) is 1. The molecule has 5 unspecified atom stereocenters. The summed E-state index contributed by atoms with van der Waals surface area (Å²) in [7, 11) is 0. The highest BCUT2D eigenvalue weighted by Crippen LogP contribution is 2.45. The first-order valence-corrected chi connectivity index (χ1v) is 16.2. The smallest absolute Gasteiger partial charge is 0.307 e. The first-order valence-electron chi connectivity index (χ1n) is 16.2. The van der Waals surface area contributed by atoms with Crippen molar-refractivity contribution in [3.8, 4) is 0 Å². The van der Waals surface area contributed by atoms with E-state index in [1.807, 2.05) is 58.0 Å². The van der Waals surface area contributed by atoms with Gasteiger partial charge in [-0.05, 0) is 76.7 Å². The van der Waals surface area contributed by atoms with Crippen LogP contribution in [0.5, 0.6) is 0 Å². The summed E-state index contributed by atoms with van der Waals surface area (Å²) < 4.78 is 5.62. The molecule has 4 rings (SSSR count). The van der Waals surface area contributed by atoms with E-state index in [-0.39, 0.29) is 42.7 Å². The van der Waals surface area contributed by atoms with Gasteiger partial charge in [0.05, 0.1) is 18.4 Å². The van der Waals surface area contributed by atoms with E-state index >= 15 is 0 Å². The highest BCUT2D eigenvalue weighted by molar-refractivity contribution is 6.38. The number of amides is 3. The van der Waals surface area contributed by atoms with Gasteiger partial charge in [-0.15, -0.1) is 0 Å². The van der Waals surface area contributed by atoms with Gasteiger partial charge >= 0.3 is 5.97 Å². The molecule has 1 saturated heterocycles. The van der Waals surface area contributed by atoms with Crippen LogP contribution in [0.25, 0.3) is 0 Å². The first kappa shape index (κ1) is 32.7. The zero-order chi connectivity index (χ0) is 31.1. The standard InChI is InChI=1S/C34H49N3O6/c1-5-12-27(30(39)32(41)35-21-22-13-8-6-9-14-22)36-31(40)29-24-17-18-25(19-24)37(29)33(42)26(23-15-10-7-11-16-23)20-28(38)43-34(2,3)4/h6,8-9,13-14,23-27,29H,5,7,10-12,15-21H2,1-4H3,(H,35,41)(H,36,40). The van der Waals surface area contributed by atoms with Crippen LogP contribution in [-0.4, -0.2) is 58.1 Å². The van der Waals surface area contributed by atoms with Crippen LogP contribution in [0.3, 0.4) is 0 Å². The maximum absolute atomic E-state index is 14.3. The molecule has 2 bridgehead atoms. The van der Waals surface area contributed by atoms with Crippen molar-refractivity contribution in [1.82, 2.24) is 15.5 Å². The van der Waals surface area contributed by atoms with Gasteiger partial charge < -0.3 is 20.3 Å². The topological polar surface area (TPSA) is 122 Å². The van der Waals surface area contributed by atoms with Crippen LogP contribution in [0.15, 0.2) is 30.3 Å². The van der Waals surface area contributed by atoms with Crippen LogP contribution in [0.4, 0.5) is 0 Å². The third kappa shape index (κ3) is 8.45. The van der Waals surface area contributed by atoms with Gasteiger partial charge in [-0.2, -0.15) is 0 Å². The van der Waals surface area contributed by atoms with Gasteiger partial charge in [-0.1, -0.05) is 62.9 Å². The molecule has 9 nitrogen and oxygen atoms in total. The summed E-state index contributed by atoms with van der Waals surface area (Å²) in [6, 6.07) is 7.57. The number of rotatable bonds is 12. The molecule has 1 heterocycles. The molecule has 3 amide bonds. The second-order valence-electron chi connectivity index (χ2n) is 13.6. The second-order valence-corrected chi connectivity index (χ2v) is 13.6. The Labute approximate surface area is 255 Å². The molecule has 1 aromatic rings. The second kappa shape index (κ2) is 14.5. The fourth-order valence-corrected chi connectivity index (χ4v) is 7.23. The van der Waals surface area contributed by atoms with Crippen molar-refractivity contribution >= 4 is 29.5 Å². The number of nitrogens with zero attached hydrogens (tertiary/aromatic N) is 1. The fraction of sp³-hybridized carbons (Fsp3) is 0.676. The summed E-state index contributed by atoms with van der Waals surface area (Å²) in [6.07, 6.45) is 8.22. The molecule has 2 saturated carbocycles. The van der Waals surface area contributed by atoms with Gasteiger partial charge in [0.15, 0.2) is 0 Å². The number of piperidine rings is 1. The van der Waals surface area contributed by atoms with Crippen molar-refractivity contribution in [3.05, 3.63) is 35.9 Å². The minimum Gasteiger partial charge on any atom is -0.460 e. The number of esters is 1. The molecule has 43 heavy (non-hydrogen) atoms. The van der Waals surface area contributed by atoms with E-state index in [4.69, 9.17) is 4.74 Å². The first-order chi connectivity index (χ1) is 20.5. The van der Waals surface area contributed by atoms with Crippen LogP contribution >= 0.6 is 0 Å². The summed E-state index contributed by atoms with van der Waals surface area (Å²) in [5, 5.41) is 5.54. The van der Waals surface area contributed by atoms with E-state index in [1.165, 1.54) is 0 Å². The average Bonchev–Trinajstić information content (AvgIpc) is 3.60. The predicted molar refractivity (Wildman–Crippen MR) is 162 cm³/mol. The highest BCUT2D eigenvalue weighted by Gasteiger charge is 2.53. The van der Waals surface area contributed by atoms with E-state index in [0.717, 1.165) is 56.9 Å². The van der Waals surface area contributed by atoms with Crippen LogP contribution in [-0.2, 0) is 35.3 Å². The Morgan fingerprint density at radius 2 is 1.67 bits per heavy atom. The van der Waals surface area contributed by atoms with E-state index < -0.39 is 41.3 Å². The number of nitrogens with one attached hydrogen (secondary N) is 2. The zero-order valence-electron chi connectivity index (χ0n) is 26.2. The molecule has 0 spiro atoms. The van der Waals surface area contributed by atoms with Crippen LogP contribution in [0.1, 0.15) is 104 Å². The van der Waals surface area contributed by atoms with Gasteiger partial charge in [-0.3, -0.25) is 24.0 Å². The molecule has 3 fully saturated rings. The Morgan fingerprint density at radius 3 is 2.33 bits per heavy atom. The van der Waals surface area contributed by atoms with Gasteiger partial charge in [0.2, 0.25) is 17.6 Å². The average molecular weight is 596 g/mol. The van der Waals surface area contributed by atoms with Crippen molar-refractivity contribution < 1.29 is 28.7 Å². The minimum atomic E-state index is -0.972. The number of hydrogen-bond donors (Lipinski definition) is 2. The SMILES string of the molecule is CCCC(NC(=O)C1C2CCC(C2)N1C(=O)C(CC(=O)OC(C)(C)C)C1CCCCC1)C(=O)C(=O)NCc1ccccc1. The number of likely N-dealkylation sites (tertiary alicyclic amines) is 1. The van der Waals surface area contributed by atoms with Gasteiger partial charge in [0, 0.05) is 12.6 Å². The third-order valence-electron chi connectivity index (χ3n) is 9.18. The predicted octanol–water partition coefficient (Wildman–Crippen LogP) is 4.46. The van der Waals surface area contributed by atoms with Crippen molar-refractivity contribution in [2.45, 2.75) is 129 Å². The lowest BCUT2D eigenvalue weighted by Crippen LogP contribution is -2.58. The lowest BCUT2D eigenvalue weighted by molar-refractivity contribution is -0.161. The van der Waals surface area contributed by atoms with Crippen molar-refractivity contribution in [2.24, 2.45) is 17.8 Å². The Hall–Kier alpha value is -3.23. The summed E-state index contributed by atoms with van der Waals surface area (Å²) in [5.74, 6) is -2.83. The molecule has 2 aliphatic carbocycles. The fourth-order valence-electron chi connectivity index (χ4n) is 7.23. The molecule has 236 valence electrons. The van der Waals surface area contributed by atoms with Crippen molar-refractivity contribution in [2.75, 3.05) is 0 Å². The Balaban J connectivity index is 1.48. The molecule has 1 aliphatic heterocycles. The molecule has 9 heteroatoms. The summed E-state index contributed by atoms with van der Waals surface area (Å²) in [6.45, 7) is 7.56. The molecular weight excluding hydrogens is 546 g/mol. The van der Waals surface area contributed by atoms with Crippen molar-refractivity contribution in [1.29, 1.82) is 0 Å². The quantitative estimate of drug-likeness (QED) is 0.272. The number of carbonyl (C=O) groups is 5. The van der Waals surface area contributed by atoms with Gasteiger partial charge in [0.25, 0.3) is 5.91 Å². The monoisotopic (exact) mass is 595 g/mol. The molecule has 1 aromatic carbocycles. The molecule has 0 radical (unpaired) electrons. The molecule has 0 aromatic heterocycles. The maximum atomic E-state index is 14.3. The molecular formula is C34H49N3O6. The number of hydrogen-bond acceptors (Lipinski definition) is 6. The maximum Gasteiger partial charge on any atom is 0.307 e. The lowest BCUT2D eigenvalue weighted by atomic mass is 9.77. The largest absolute Gasteiger partial charge is 0.460 e. The summed E-state index contributed by atoms with van der Waals surface area (Å²) >= 11 is 0. The Bertz CT molecular complexity index is 1160. The van der Waals surface area contributed by atoms with Crippen LogP contribution < -0.4 is 10.6 Å². The zero-order valence-corrected chi connectivity index (χ0v) is 26.2. The van der Waals surface area contributed by atoms with Crippen LogP contribution in [0.2, 0.25) is 0 Å². The molecule has 3 aliphatic rings. The Morgan fingerprint density at radius 1 is 0.977 bits per heavy atom. The van der Waals surface area contributed by atoms with Crippen molar-refractivity contribution in [3.63, 3.8) is 0 Å². The number of ketones is 1. The molecule has 2 N–H and O–H groups in total. The third-order valence-corrected chi connectivity index (χ3v) is 9.18. The lowest BCUT2D eigenvalue weighted by Gasteiger charge is -2.39.